The second-order valence-corrected chi connectivity index (χ2v) is 6.93. The zero-order valence-electron chi connectivity index (χ0n) is 15.2. The van der Waals surface area contributed by atoms with Crippen LogP contribution in [-0.2, 0) is 20.7 Å². The molecule has 2 rings (SSSR count). The van der Waals surface area contributed by atoms with Crippen LogP contribution in [0.2, 0.25) is 0 Å². The van der Waals surface area contributed by atoms with Gasteiger partial charge in [-0.05, 0) is 32.9 Å². The van der Waals surface area contributed by atoms with Gasteiger partial charge in [-0.2, -0.15) is 0 Å². The number of methoxy groups -OCH3 is 1. The molecule has 0 radical (unpaired) electrons. The van der Waals surface area contributed by atoms with Gasteiger partial charge in [0.1, 0.15) is 17.5 Å². The first-order valence-corrected chi connectivity index (χ1v) is 8.08. The van der Waals surface area contributed by atoms with Gasteiger partial charge in [0.2, 0.25) is 0 Å². The maximum Gasteiger partial charge on any atom is 0.410 e. The summed E-state index contributed by atoms with van der Waals surface area (Å²) in [5.41, 5.74) is -0.529. The van der Waals surface area contributed by atoms with E-state index in [1.807, 2.05) is 0 Å². The van der Waals surface area contributed by atoms with Crippen molar-refractivity contribution in [1.29, 1.82) is 0 Å². The van der Waals surface area contributed by atoms with Gasteiger partial charge in [0, 0.05) is 11.6 Å². The third kappa shape index (κ3) is 5.08. The van der Waals surface area contributed by atoms with E-state index in [1.54, 1.807) is 20.8 Å². The number of hydrogen-bond acceptors (Lipinski definition) is 7. The fraction of sp³-hybridized carbons (Fsp3) is 0.529. The zero-order valence-corrected chi connectivity index (χ0v) is 15.2. The molecule has 1 aromatic carbocycles. The van der Waals surface area contributed by atoms with Gasteiger partial charge in [0.05, 0.1) is 31.5 Å². The minimum absolute atomic E-state index is 0.174. The van der Waals surface area contributed by atoms with Gasteiger partial charge in [-0.25, -0.2) is 4.79 Å². The number of ether oxygens (including phenoxy) is 3. The first-order valence-electron chi connectivity index (χ1n) is 8.08. The van der Waals surface area contributed by atoms with E-state index >= 15 is 0 Å². The summed E-state index contributed by atoms with van der Waals surface area (Å²) in [6.07, 6.45) is -0.874. The Balaban J connectivity index is 1.98. The first-order chi connectivity index (χ1) is 12.1. The van der Waals surface area contributed by atoms with Crippen LogP contribution in [0, 0.1) is 10.1 Å². The van der Waals surface area contributed by atoms with Crippen molar-refractivity contribution in [3.8, 4) is 5.75 Å². The lowest BCUT2D eigenvalue weighted by Gasteiger charge is -2.39. The summed E-state index contributed by atoms with van der Waals surface area (Å²) in [6, 6.07) is 4.21. The maximum atomic E-state index is 11.9. The van der Waals surface area contributed by atoms with Crippen molar-refractivity contribution in [1.82, 2.24) is 4.90 Å². The third-order valence-corrected chi connectivity index (χ3v) is 3.61. The molecule has 1 heterocycles. The summed E-state index contributed by atoms with van der Waals surface area (Å²) in [4.78, 5) is 35.4. The number of esters is 1. The maximum absolute atomic E-state index is 11.9. The molecule has 0 unspecified atom stereocenters. The van der Waals surface area contributed by atoms with Gasteiger partial charge >= 0.3 is 12.1 Å². The van der Waals surface area contributed by atoms with Crippen molar-refractivity contribution in [2.75, 3.05) is 20.2 Å². The molecule has 0 aliphatic carbocycles. The second kappa shape index (κ2) is 7.59. The number of nitrogens with zero attached hydrogens (tertiary/aromatic N) is 2. The molecule has 0 spiro atoms. The fourth-order valence-electron chi connectivity index (χ4n) is 2.36. The van der Waals surface area contributed by atoms with Gasteiger partial charge in [-0.1, -0.05) is 0 Å². The van der Waals surface area contributed by atoms with Gasteiger partial charge in [-0.3, -0.25) is 14.9 Å². The summed E-state index contributed by atoms with van der Waals surface area (Å²) in [7, 11) is 1.22. The lowest BCUT2D eigenvalue weighted by molar-refractivity contribution is -0.385. The van der Waals surface area contributed by atoms with Crippen LogP contribution in [0.4, 0.5) is 10.5 Å². The minimum Gasteiger partial charge on any atom is -0.487 e. The summed E-state index contributed by atoms with van der Waals surface area (Å²) < 4.78 is 15.6. The molecule has 9 heteroatoms. The highest BCUT2D eigenvalue weighted by Crippen LogP contribution is 2.27. The van der Waals surface area contributed by atoms with Crippen LogP contribution in [0.25, 0.3) is 0 Å². The summed E-state index contributed by atoms with van der Waals surface area (Å²) in [6.45, 7) is 6.09. The number of nitro benzene ring substituents is 1. The molecule has 142 valence electrons. The van der Waals surface area contributed by atoms with Crippen LogP contribution in [0.3, 0.4) is 0 Å². The zero-order chi connectivity index (χ0) is 19.5. The van der Waals surface area contributed by atoms with E-state index < -0.39 is 22.6 Å². The average molecular weight is 366 g/mol. The van der Waals surface area contributed by atoms with Crippen molar-refractivity contribution in [3.63, 3.8) is 0 Å². The highest BCUT2D eigenvalue weighted by molar-refractivity contribution is 5.74. The van der Waals surface area contributed by atoms with Crippen LogP contribution >= 0.6 is 0 Å². The van der Waals surface area contributed by atoms with Gasteiger partial charge < -0.3 is 19.1 Å². The molecule has 1 aromatic rings. The monoisotopic (exact) mass is 366 g/mol. The van der Waals surface area contributed by atoms with Gasteiger partial charge in [0.25, 0.3) is 5.69 Å². The molecule has 1 aliphatic heterocycles. The largest absolute Gasteiger partial charge is 0.487 e. The van der Waals surface area contributed by atoms with Crippen molar-refractivity contribution in [2.45, 2.75) is 38.9 Å². The SMILES string of the molecule is COC(=O)Cc1cc(OC2CN(C(=O)OC(C)(C)C)C2)ccc1[N+](=O)[O-]. The van der Waals surface area contributed by atoms with Gasteiger partial charge in [0.15, 0.2) is 0 Å². The summed E-state index contributed by atoms with van der Waals surface area (Å²) >= 11 is 0. The molecular formula is C17H22N2O7. The Kier molecular flexibility index (Phi) is 5.69. The lowest BCUT2D eigenvalue weighted by Crippen LogP contribution is -2.57. The number of hydrogen-bond donors (Lipinski definition) is 0. The molecule has 0 aromatic heterocycles. The van der Waals surface area contributed by atoms with E-state index in [4.69, 9.17) is 9.47 Å². The Hall–Kier alpha value is -2.84. The Morgan fingerprint density at radius 1 is 1.31 bits per heavy atom. The number of carbonyl (C=O) groups excluding carboxylic acids is 2. The lowest BCUT2D eigenvalue weighted by atomic mass is 10.1. The smallest absolute Gasteiger partial charge is 0.410 e. The number of nitro groups is 1. The predicted molar refractivity (Wildman–Crippen MR) is 91.0 cm³/mol. The highest BCUT2D eigenvalue weighted by Gasteiger charge is 2.35. The molecule has 0 N–H and O–H groups in total. The standard InChI is InChI=1S/C17H22N2O7/c1-17(2,3)26-16(21)18-9-13(10-18)25-12-5-6-14(19(22)23)11(7-12)8-15(20)24-4/h5-7,13H,8-10H2,1-4H3. The minimum atomic E-state index is -0.579. The van der Waals surface area contributed by atoms with Crippen LogP contribution < -0.4 is 4.74 Å². The normalized spacial score (nSPS) is 14.4. The molecular weight excluding hydrogens is 344 g/mol. The molecule has 0 bridgehead atoms. The Morgan fingerprint density at radius 2 is 1.96 bits per heavy atom. The van der Waals surface area contributed by atoms with Crippen molar-refractivity contribution in [3.05, 3.63) is 33.9 Å². The Labute approximate surface area is 151 Å². The molecule has 1 fully saturated rings. The Morgan fingerprint density at radius 3 is 2.50 bits per heavy atom. The van der Waals surface area contributed by atoms with E-state index in [-0.39, 0.29) is 23.8 Å². The van der Waals surface area contributed by atoms with E-state index in [2.05, 4.69) is 4.74 Å². The summed E-state index contributed by atoms with van der Waals surface area (Å²) in [5, 5.41) is 11.1. The molecule has 9 nitrogen and oxygen atoms in total. The second-order valence-electron chi connectivity index (χ2n) is 6.93. The van der Waals surface area contributed by atoms with Crippen molar-refractivity contribution in [2.24, 2.45) is 0 Å². The highest BCUT2D eigenvalue weighted by atomic mass is 16.6. The quantitative estimate of drug-likeness (QED) is 0.447. The number of likely N-dealkylation sites (tertiary alicyclic amines) is 1. The molecule has 0 saturated carbocycles. The molecule has 1 aliphatic rings. The van der Waals surface area contributed by atoms with Crippen LogP contribution in [0.1, 0.15) is 26.3 Å². The first kappa shape index (κ1) is 19.5. The van der Waals surface area contributed by atoms with Crippen LogP contribution in [-0.4, -0.2) is 53.8 Å². The van der Waals surface area contributed by atoms with E-state index in [0.717, 1.165) is 0 Å². The van der Waals surface area contributed by atoms with E-state index in [9.17, 15) is 19.7 Å². The predicted octanol–water partition coefficient (Wildman–Crippen LogP) is 2.31. The van der Waals surface area contributed by atoms with Gasteiger partial charge in [-0.15, -0.1) is 0 Å². The van der Waals surface area contributed by atoms with E-state index in [0.29, 0.717) is 18.8 Å². The molecule has 0 atom stereocenters. The topological polar surface area (TPSA) is 108 Å². The fourth-order valence-corrected chi connectivity index (χ4v) is 2.36. The third-order valence-electron chi connectivity index (χ3n) is 3.61. The van der Waals surface area contributed by atoms with Crippen molar-refractivity contribution >= 4 is 17.7 Å². The Bertz CT molecular complexity index is 706. The molecule has 1 amide bonds. The number of benzene rings is 1. The number of amides is 1. The molecule has 26 heavy (non-hydrogen) atoms. The van der Waals surface area contributed by atoms with Crippen molar-refractivity contribution < 1.29 is 28.7 Å². The average Bonchev–Trinajstić information content (AvgIpc) is 2.48. The number of carbonyl (C=O) groups is 2. The summed E-state index contributed by atoms with van der Waals surface area (Å²) in [5.74, 6) is -0.187. The molecule has 1 saturated heterocycles. The van der Waals surface area contributed by atoms with E-state index in [1.165, 1.54) is 30.2 Å². The van der Waals surface area contributed by atoms with Crippen LogP contribution in [0.15, 0.2) is 18.2 Å². The number of rotatable bonds is 5. The van der Waals surface area contributed by atoms with Crippen LogP contribution in [0.5, 0.6) is 5.75 Å².